The minimum absolute atomic E-state index is 0.112. The van der Waals surface area contributed by atoms with E-state index >= 15 is 0 Å². The maximum Gasteiger partial charge on any atom is 0.329 e. The molecule has 3 heterocycles. The fourth-order valence-corrected chi connectivity index (χ4v) is 5.00. The Morgan fingerprint density at radius 1 is 0.842 bits per heavy atom. The van der Waals surface area contributed by atoms with Gasteiger partial charge in [-0.25, -0.2) is 4.79 Å². The van der Waals surface area contributed by atoms with Gasteiger partial charge in [-0.2, -0.15) is 0 Å². The molecule has 38 heavy (non-hydrogen) atoms. The Morgan fingerprint density at radius 2 is 1.58 bits per heavy atom. The Morgan fingerprint density at radius 3 is 2.37 bits per heavy atom. The number of carbonyl (C=O) groups excluding carboxylic acids is 1. The molecular formula is C29H28N4O5. The van der Waals surface area contributed by atoms with E-state index in [1.165, 1.54) is 4.57 Å². The smallest absolute Gasteiger partial charge is 0.329 e. The SMILES string of the molecule is Cc1ccc(Cn2c(=O)[nH]c3cc(C(=O)N4CCN(Cc5ccc6c(c5)OCO6)CC4)ccc3c2=O)cc1. The van der Waals surface area contributed by atoms with E-state index < -0.39 is 5.69 Å². The van der Waals surface area contributed by atoms with Crippen LogP contribution in [0, 0.1) is 6.92 Å². The third kappa shape index (κ3) is 4.68. The second-order valence-corrected chi connectivity index (χ2v) is 9.82. The fraction of sp³-hybridized carbons (Fsp3) is 0.276. The molecule has 6 rings (SSSR count). The Kier molecular flexibility index (Phi) is 6.21. The van der Waals surface area contributed by atoms with Crippen LogP contribution in [0.5, 0.6) is 11.5 Å². The van der Waals surface area contributed by atoms with Crippen LogP contribution in [-0.4, -0.2) is 58.2 Å². The van der Waals surface area contributed by atoms with Crippen molar-refractivity contribution < 1.29 is 14.3 Å². The average molecular weight is 513 g/mol. The molecule has 1 amide bonds. The van der Waals surface area contributed by atoms with Gasteiger partial charge in [0, 0.05) is 38.3 Å². The summed E-state index contributed by atoms with van der Waals surface area (Å²) in [6.45, 7) is 5.87. The number of ether oxygens (including phenoxy) is 2. The van der Waals surface area contributed by atoms with Gasteiger partial charge in [0.1, 0.15) is 0 Å². The van der Waals surface area contributed by atoms with Gasteiger partial charge in [0.2, 0.25) is 6.79 Å². The van der Waals surface area contributed by atoms with Crippen molar-refractivity contribution in [1.29, 1.82) is 0 Å². The largest absolute Gasteiger partial charge is 0.454 e. The highest BCUT2D eigenvalue weighted by Crippen LogP contribution is 2.32. The first-order chi connectivity index (χ1) is 18.4. The lowest BCUT2D eigenvalue weighted by Gasteiger charge is -2.34. The number of H-pyrrole nitrogens is 1. The molecular weight excluding hydrogens is 484 g/mol. The second-order valence-electron chi connectivity index (χ2n) is 9.82. The normalized spacial score (nSPS) is 15.2. The van der Waals surface area contributed by atoms with Crippen LogP contribution in [-0.2, 0) is 13.1 Å². The molecule has 0 radical (unpaired) electrons. The number of aromatic nitrogens is 2. The molecule has 194 valence electrons. The lowest BCUT2D eigenvalue weighted by Crippen LogP contribution is -2.48. The van der Waals surface area contributed by atoms with E-state index in [0.717, 1.165) is 47.8 Å². The number of nitrogens with one attached hydrogen (secondary N) is 1. The van der Waals surface area contributed by atoms with Crippen molar-refractivity contribution in [2.45, 2.75) is 20.0 Å². The van der Waals surface area contributed by atoms with E-state index in [9.17, 15) is 14.4 Å². The Hall–Kier alpha value is -4.37. The van der Waals surface area contributed by atoms with Gasteiger partial charge in [0.15, 0.2) is 11.5 Å². The Bertz CT molecular complexity index is 1630. The second kappa shape index (κ2) is 9.83. The Labute approximate surface area is 218 Å². The maximum absolute atomic E-state index is 13.2. The van der Waals surface area contributed by atoms with Gasteiger partial charge in [0.05, 0.1) is 17.4 Å². The molecule has 9 heteroatoms. The van der Waals surface area contributed by atoms with E-state index in [2.05, 4.69) is 9.88 Å². The van der Waals surface area contributed by atoms with Crippen molar-refractivity contribution in [1.82, 2.24) is 19.4 Å². The summed E-state index contributed by atoms with van der Waals surface area (Å²) in [4.78, 5) is 46.0. The number of benzene rings is 3. The number of piperazine rings is 1. The number of hydrogen-bond donors (Lipinski definition) is 1. The number of hydrogen-bond acceptors (Lipinski definition) is 6. The standard InChI is InChI=1S/C29H28N4O5/c1-19-2-4-20(5-3-19)17-33-28(35)23-8-7-22(15-24(23)30-29(33)36)27(34)32-12-10-31(11-13-32)16-21-6-9-25-26(14-21)38-18-37-25/h2-9,14-15H,10-13,16-18H2,1H3,(H,30,36). The minimum atomic E-state index is -0.496. The highest BCUT2D eigenvalue weighted by Gasteiger charge is 2.23. The van der Waals surface area contributed by atoms with Gasteiger partial charge in [-0.05, 0) is 48.4 Å². The molecule has 1 aromatic heterocycles. The van der Waals surface area contributed by atoms with E-state index in [0.29, 0.717) is 29.6 Å². The predicted octanol–water partition coefficient (Wildman–Crippen LogP) is 2.73. The molecule has 0 bridgehead atoms. The molecule has 0 atom stereocenters. The Balaban J connectivity index is 1.14. The third-order valence-electron chi connectivity index (χ3n) is 7.19. The van der Waals surface area contributed by atoms with Crippen molar-refractivity contribution in [3.8, 4) is 11.5 Å². The number of aryl methyl sites for hydroxylation is 1. The number of amides is 1. The minimum Gasteiger partial charge on any atom is -0.454 e. The summed E-state index contributed by atoms with van der Waals surface area (Å²) in [5, 5.41) is 0.377. The van der Waals surface area contributed by atoms with Gasteiger partial charge in [-0.15, -0.1) is 0 Å². The first kappa shape index (κ1) is 24.0. The first-order valence-electron chi connectivity index (χ1n) is 12.7. The number of aromatic amines is 1. The monoisotopic (exact) mass is 512 g/mol. The molecule has 0 unspecified atom stereocenters. The van der Waals surface area contributed by atoms with Crippen LogP contribution in [0.1, 0.15) is 27.0 Å². The molecule has 0 aliphatic carbocycles. The zero-order valence-electron chi connectivity index (χ0n) is 21.1. The molecule has 1 N–H and O–H groups in total. The highest BCUT2D eigenvalue weighted by atomic mass is 16.7. The van der Waals surface area contributed by atoms with Gasteiger partial charge in [-0.1, -0.05) is 35.9 Å². The van der Waals surface area contributed by atoms with Crippen LogP contribution < -0.4 is 20.7 Å². The molecule has 0 spiro atoms. The van der Waals surface area contributed by atoms with Gasteiger partial charge >= 0.3 is 5.69 Å². The number of fused-ring (bicyclic) bond motifs is 2. The van der Waals surface area contributed by atoms with E-state index in [1.54, 1.807) is 18.2 Å². The van der Waals surface area contributed by atoms with Crippen LogP contribution in [0.25, 0.3) is 10.9 Å². The van der Waals surface area contributed by atoms with Gasteiger partial charge in [-0.3, -0.25) is 19.1 Å². The molecule has 0 saturated carbocycles. The van der Waals surface area contributed by atoms with Crippen LogP contribution in [0.4, 0.5) is 0 Å². The number of carbonyl (C=O) groups is 1. The molecule has 1 fully saturated rings. The van der Waals surface area contributed by atoms with Gasteiger partial charge < -0.3 is 19.4 Å². The van der Waals surface area contributed by atoms with E-state index in [4.69, 9.17) is 9.47 Å². The maximum atomic E-state index is 13.2. The number of rotatable bonds is 5. The molecule has 3 aromatic carbocycles. The lowest BCUT2D eigenvalue weighted by molar-refractivity contribution is 0.0628. The third-order valence-corrected chi connectivity index (χ3v) is 7.19. The molecule has 9 nitrogen and oxygen atoms in total. The summed E-state index contributed by atoms with van der Waals surface area (Å²) in [6, 6.07) is 18.6. The van der Waals surface area contributed by atoms with E-state index in [-0.39, 0.29) is 24.8 Å². The molecule has 4 aromatic rings. The summed E-state index contributed by atoms with van der Waals surface area (Å²) in [5.74, 6) is 1.43. The lowest BCUT2D eigenvalue weighted by atomic mass is 10.1. The molecule has 2 aliphatic heterocycles. The van der Waals surface area contributed by atoms with Crippen LogP contribution in [0.15, 0.2) is 70.3 Å². The van der Waals surface area contributed by atoms with Crippen molar-refractivity contribution in [2.24, 2.45) is 0 Å². The summed E-state index contributed by atoms with van der Waals surface area (Å²) in [6.07, 6.45) is 0. The zero-order valence-corrected chi connectivity index (χ0v) is 21.1. The van der Waals surface area contributed by atoms with Crippen molar-refractivity contribution in [3.05, 3.63) is 104 Å². The van der Waals surface area contributed by atoms with Crippen LogP contribution >= 0.6 is 0 Å². The molecule has 1 saturated heterocycles. The van der Waals surface area contributed by atoms with Gasteiger partial charge in [0.25, 0.3) is 11.5 Å². The topological polar surface area (TPSA) is 96.9 Å². The summed E-state index contributed by atoms with van der Waals surface area (Å²) in [5.41, 5.74) is 3.06. The average Bonchev–Trinajstić information content (AvgIpc) is 3.40. The summed E-state index contributed by atoms with van der Waals surface area (Å²) >= 11 is 0. The first-order valence-corrected chi connectivity index (χ1v) is 12.7. The zero-order chi connectivity index (χ0) is 26.2. The van der Waals surface area contributed by atoms with Crippen molar-refractivity contribution >= 4 is 16.8 Å². The van der Waals surface area contributed by atoms with Crippen molar-refractivity contribution in [2.75, 3.05) is 33.0 Å². The predicted molar refractivity (Wildman–Crippen MR) is 143 cm³/mol. The number of nitrogens with zero attached hydrogens (tertiary/aromatic N) is 3. The summed E-state index contributed by atoms with van der Waals surface area (Å²) in [7, 11) is 0. The fourth-order valence-electron chi connectivity index (χ4n) is 5.00. The summed E-state index contributed by atoms with van der Waals surface area (Å²) < 4.78 is 12.0. The highest BCUT2D eigenvalue weighted by molar-refractivity contribution is 5.97. The van der Waals surface area contributed by atoms with Crippen molar-refractivity contribution in [3.63, 3.8) is 0 Å². The van der Waals surface area contributed by atoms with E-state index in [1.807, 2.05) is 54.3 Å². The van der Waals surface area contributed by atoms with Crippen LogP contribution in [0.3, 0.4) is 0 Å². The quantitative estimate of drug-likeness (QED) is 0.442. The molecule has 2 aliphatic rings. The van der Waals surface area contributed by atoms with Crippen LogP contribution in [0.2, 0.25) is 0 Å².